The number of amides is 1. The topological polar surface area (TPSA) is 366 Å². The van der Waals surface area contributed by atoms with Gasteiger partial charge in [-0.1, -0.05) is 28.5 Å². The molecule has 1 amide bonds. The Bertz CT molecular complexity index is 2950. The first-order valence-corrected chi connectivity index (χ1v) is 21.2. The van der Waals surface area contributed by atoms with Crippen molar-refractivity contribution in [2.75, 3.05) is 0 Å². The molecule has 0 saturated carbocycles. The lowest BCUT2D eigenvalue weighted by atomic mass is 10.1. The van der Waals surface area contributed by atoms with Gasteiger partial charge in [-0.15, -0.1) is 35.0 Å². The van der Waals surface area contributed by atoms with Crippen molar-refractivity contribution < 1.29 is 69.2 Å². The summed E-state index contributed by atoms with van der Waals surface area (Å²) in [6.45, 7) is 0. The summed E-state index contributed by atoms with van der Waals surface area (Å²) in [6.07, 6.45) is 0. The predicted octanol–water partition coefficient (Wildman–Crippen LogP) is 9.32. The van der Waals surface area contributed by atoms with Crippen molar-refractivity contribution in [1.82, 2.24) is 0 Å². The maximum absolute atomic E-state index is 12.2. The zero-order chi connectivity index (χ0) is 42.2. The highest BCUT2D eigenvalue weighted by molar-refractivity contribution is 8.19. The van der Waals surface area contributed by atoms with Crippen molar-refractivity contribution in [3.05, 3.63) is 84.4 Å². The second kappa shape index (κ2) is 16.4. The van der Waals surface area contributed by atoms with E-state index in [1.54, 1.807) is 0 Å². The highest BCUT2D eigenvalue weighted by Crippen LogP contribution is 2.54. The molecule has 0 aliphatic rings. The van der Waals surface area contributed by atoms with E-state index in [9.17, 15) is 54.6 Å². The Balaban J connectivity index is 1.28. The van der Waals surface area contributed by atoms with E-state index in [0.29, 0.717) is 12.0 Å². The number of aromatic hydroxyl groups is 2. The maximum Gasteiger partial charge on any atom is 0.295 e. The summed E-state index contributed by atoms with van der Waals surface area (Å²) < 4.78 is 101. The van der Waals surface area contributed by atoms with Gasteiger partial charge in [0.25, 0.3) is 26.1 Å². The van der Waals surface area contributed by atoms with Crippen LogP contribution in [0.5, 0.6) is 11.5 Å². The Kier molecular flexibility index (Phi) is 11.9. The molecule has 302 valence electrons. The summed E-state index contributed by atoms with van der Waals surface area (Å²) >= 11 is 1.33. The number of benzene rings is 5. The molecule has 0 aliphatic carbocycles. The quantitative estimate of drug-likeness (QED) is 0.0171. The standard InChI is InChI=1S/C31H23N7O15S5/c32-30(41)21-13-27(36-34-16-10-20-19(25(12-16)57(46,47)48)2-1-3-24(20)55-53-52-42)54-31(21)38-33-15-4-7-22(23(39)11-15)35-37-28-26(58(49,50)51)9-14-8-17(56(43,44)45)5-6-18(14)29(28)40/h1-13,39-40,42,49-51H,(H2,32,41)(H,43,44,45)(H,46,47,48). The number of fused-ring (bicyclic) bond motifs is 2. The normalized spacial score (nSPS) is 13.1. The highest BCUT2D eigenvalue weighted by atomic mass is 32.3. The summed E-state index contributed by atoms with van der Waals surface area (Å²) in [4.78, 5) is 10.6. The lowest BCUT2D eigenvalue weighted by Crippen LogP contribution is -2.09. The van der Waals surface area contributed by atoms with Crippen LogP contribution in [0, 0.1) is 0 Å². The summed E-state index contributed by atoms with van der Waals surface area (Å²) in [5, 5.41) is 57.5. The van der Waals surface area contributed by atoms with Crippen LogP contribution in [-0.4, -0.2) is 61.0 Å². The lowest BCUT2D eigenvalue weighted by Gasteiger charge is -2.22. The van der Waals surface area contributed by atoms with Gasteiger partial charge in [-0.25, -0.2) is 5.26 Å². The van der Waals surface area contributed by atoms with Crippen molar-refractivity contribution in [1.29, 1.82) is 0 Å². The van der Waals surface area contributed by atoms with Crippen LogP contribution in [0.3, 0.4) is 0 Å². The molecule has 0 radical (unpaired) electrons. The summed E-state index contributed by atoms with van der Waals surface area (Å²) in [5.41, 5.74) is 4.44. The minimum atomic E-state index is -4.77. The molecule has 10 N–H and O–H groups in total. The Morgan fingerprint density at radius 3 is 2.10 bits per heavy atom. The van der Waals surface area contributed by atoms with Crippen LogP contribution >= 0.6 is 34.3 Å². The van der Waals surface area contributed by atoms with Gasteiger partial charge in [-0.05, 0) is 66.0 Å². The molecule has 0 unspecified atom stereocenters. The van der Waals surface area contributed by atoms with Crippen LogP contribution in [0.2, 0.25) is 0 Å². The molecule has 0 fully saturated rings. The van der Waals surface area contributed by atoms with Crippen molar-refractivity contribution in [3.63, 3.8) is 0 Å². The number of nitrogens with two attached hydrogens (primary N) is 1. The van der Waals surface area contributed by atoms with E-state index >= 15 is 0 Å². The molecule has 0 aliphatic heterocycles. The van der Waals surface area contributed by atoms with Crippen molar-refractivity contribution in [2.45, 2.75) is 19.6 Å². The van der Waals surface area contributed by atoms with Crippen LogP contribution in [-0.2, 0) is 29.6 Å². The van der Waals surface area contributed by atoms with Gasteiger partial charge >= 0.3 is 0 Å². The lowest BCUT2D eigenvalue weighted by molar-refractivity contribution is -0.432. The van der Waals surface area contributed by atoms with Gasteiger partial charge in [0.1, 0.15) is 37.9 Å². The zero-order valence-electron chi connectivity index (χ0n) is 28.2. The smallest absolute Gasteiger partial charge is 0.295 e. The molecular weight excluding hydrogens is 871 g/mol. The van der Waals surface area contributed by atoms with Crippen molar-refractivity contribution in [3.8, 4) is 11.5 Å². The van der Waals surface area contributed by atoms with E-state index < -0.39 is 68.9 Å². The number of azo groups is 3. The number of carbonyl (C=O) groups excluding carboxylic acids is 1. The molecule has 1 aromatic heterocycles. The molecule has 5 aromatic carbocycles. The molecule has 1 heterocycles. The van der Waals surface area contributed by atoms with E-state index in [1.165, 1.54) is 42.5 Å². The van der Waals surface area contributed by atoms with Crippen LogP contribution in [0.15, 0.2) is 129 Å². The third kappa shape index (κ3) is 9.26. The summed E-state index contributed by atoms with van der Waals surface area (Å²) in [5.74, 6) is -2.24. The molecule has 0 saturated heterocycles. The van der Waals surface area contributed by atoms with E-state index in [-0.39, 0.29) is 59.1 Å². The fourth-order valence-electron chi connectivity index (χ4n) is 5.14. The van der Waals surface area contributed by atoms with Gasteiger partial charge in [0, 0.05) is 27.1 Å². The molecule has 6 rings (SSSR count). The fourth-order valence-corrected chi connectivity index (χ4v) is 8.37. The summed E-state index contributed by atoms with van der Waals surface area (Å²) in [6, 6.07) is 15.5. The molecular formula is C31H23N7O15S5. The number of rotatable bonds is 13. The third-order valence-corrected chi connectivity index (χ3v) is 11.9. The van der Waals surface area contributed by atoms with Crippen LogP contribution < -0.4 is 5.73 Å². The number of primary amides is 1. The first-order valence-electron chi connectivity index (χ1n) is 15.2. The first-order chi connectivity index (χ1) is 27.2. The molecule has 27 heteroatoms. The molecule has 0 bridgehead atoms. The number of carbonyl (C=O) groups is 1. The fraction of sp³-hybridized carbons (Fsp3) is 0. The highest BCUT2D eigenvalue weighted by Gasteiger charge is 2.26. The van der Waals surface area contributed by atoms with Gasteiger partial charge in [-0.2, -0.15) is 16.8 Å². The minimum Gasteiger partial charge on any atom is -0.506 e. The van der Waals surface area contributed by atoms with Crippen molar-refractivity contribution >= 4 is 115 Å². The Hall–Kier alpha value is -5.53. The van der Waals surface area contributed by atoms with Gasteiger partial charge < -0.3 is 29.6 Å². The Morgan fingerprint density at radius 1 is 0.707 bits per heavy atom. The number of hydrogen-bond donors (Lipinski definition) is 9. The predicted molar refractivity (Wildman–Crippen MR) is 207 cm³/mol. The molecule has 6 aromatic rings. The third-order valence-electron chi connectivity index (χ3n) is 7.65. The number of phenolic OH excluding ortho intramolecular Hbond substituents is 2. The maximum atomic E-state index is 12.2. The number of thiophene rings is 1. The molecule has 0 atom stereocenters. The SMILES string of the molecule is NC(=O)c1cc(N=Nc2cc(S(=O)(=O)O)c3cccc(SOOO)c3c2)sc1N=Nc1ccc(N=Nc2c(S(O)(O)O)cc3cc(S(=O)(=O)O)ccc3c2O)c(O)c1. The number of hydrogen-bond acceptors (Lipinski definition) is 21. The van der Waals surface area contributed by atoms with E-state index in [1.807, 2.05) is 0 Å². The number of nitrogens with zero attached hydrogens (tertiary/aromatic N) is 6. The zero-order valence-corrected chi connectivity index (χ0v) is 32.3. The molecule has 22 nitrogen and oxygen atoms in total. The summed E-state index contributed by atoms with van der Waals surface area (Å²) in [7, 11) is -14.1. The monoisotopic (exact) mass is 893 g/mol. The van der Waals surface area contributed by atoms with E-state index in [2.05, 4.69) is 40.1 Å². The van der Waals surface area contributed by atoms with Crippen LogP contribution in [0.25, 0.3) is 21.5 Å². The second-order valence-electron chi connectivity index (χ2n) is 11.4. The van der Waals surface area contributed by atoms with E-state index in [4.69, 9.17) is 11.0 Å². The van der Waals surface area contributed by atoms with Crippen LogP contribution in [0.1, 0.15) is 10.4 Å². The van der Waals surface area contributed by atoms with Gasteiger partial charge in [0.15, 0.2) is 10.8 Å². The van der Waals surface area contributed by atoms with Crippen molar-refractivity contribution in [2.24, 2.45) is 36.4 Å². The van der Waals surface area contributed by atoms with Gasteiger partial charge in [0.2, 0.25) is 0 Å². The largest absolute Gasteiger partial charge is 0.506 e. The van der Waals surface area contributed by atoms with Gasteiger partial charge in [0.05, 0.1) is 38.8 Å². The molecule has 58 heavy (non-hydrogen) atoms. The first kappa shape index (κ1) is 42.1. The number of phenols is 2. The molecule has 0 spiro atoms. The average Bonchev–Trinajstić information content (AvgIpc) is 3.57. The average molecular weight is 894 g/mol. The van der Waals surface area contributed by atoms with E-state index in [0.717, 1.165) is 47.7 Å². The van der Waals surface area contributed by atoms with Gasteiger partial charge in [-0.3, -0.25) is 13.9 Å². The second-order valence-corrected chi connectivity index (χ2v) is 17.4. The minimum absolute atomic E-state index is 0.00928. The Morgan fingerprint density at radius 2 is 1.45 bits per heavy atom. The Labute approximate surface area is 334 Å². The van der Waals surface area contributed by atoms with Crippen LogP contribution in [0.4, 0.5) is 32.8 Å².